The number of likely N-dealkylation sites (N-methyl/N-ethyl adjacent to an activating group) is 1. The van der Waals surface area contributed by atoms with Gasteiger partial charge in [0.15, 0.2) is 0 Å². The average molecular weight is 357 g/mol. The van der Waals surface area contributed by atoms with Crippen molar-refractivity contribution < 1.29 is 14.7 Å². The van der Waals surface area contributed by atoms with Crippen LogP contribution in [-0.4, -0.2) is 53.3 Å². The van der Waals surface area contributed by atoms with Crippen LogP contribution in [0, 0.1) is 0 Å². The molecule has 2 N–H and O–H groups in total. The van der Waals surface area contributed by atoms with Gasteiger partial charge in [-0.1, -0.05) is 18.5 Å². The first-order valence-corrected chi connectivity index (χ1v) is 9.15. The smallest absolute Gasteiger partial charge is 0.317 e. The summed E-state index contributed by atoms with van der Waals surface area (Å²) in [6.07, 6.45) is 3.49. The van der Waals surface area contributed by atoms with Crippen LogP contribution >= 0.6 is 23.4 Å². The summed E-state index contributed by atoms with van der Waals surface area (Å²) in [5.41, 5.74) is 0.486. The maximum atomic E-state index is 12.3. The van der Waals surface area contributed by atoms with Crippen LogP contribution in [0.4, 0.5) is 0 Å². The zero-order chi connectivity index (χ0) is 17.0. The van der Waals surface area contributed by atoms with Crippen LogP contribution in [0.1, 0.15) is 30.1 Å². The number of aliphatic carboxylic acids is 1. The molecule has 2 rings (SSSR count). The molecule has 126 valence electrons. The van der Waals surface area contributed by atoms with Crippen LogP contribution in [-0.2, 0) is 4.79 Å². The lowest BCUT2D eigenvalue weighted by atomic mass is 9.85. The van der Waals surface area contributed by atoms with Crippen LogP contribution in [0.2, 0.25) is 5.02 Å². The zero-order valence-electron chi connectivity index (χ0n) is 13.2. The van der Waals surface area contributed by atoms with Crippen molar-refractivity contribution in [3.05, 3.63) is 28.8 Å². The lowest BCUT2D eigenvalue weighted by Gasteiger charge is -2.42. The number of amides is 1. The first kappa shape index (κ1) is 18.1. The van der Waals surface area contributed by atoms with Gasteiger partial charge < -0.3 is 10.4 Å². The summed E-state index contributed by atoms with van der Waals surface area (Å²) in [5.74, 6) is -0.990. The number of carboxylic acids is 1. The molecule has 23 heavy (non-hydrogen) atoms. The predicted octanol–water partition coefficient (Wildman–Crippen LogP) is 2.73. The van der Waals surface area contributed by atoms with Crippen molar-refractivity contribution in [2.24, 2.45) is 0 Å². The Bertz CT molecular complexity index is 591. The van der Waals surface area contributed by atoms with Crippen molar-refractivity contribution in [3.63, 3.8) is 0 Å². The number of thioether (sulfide) groups is 1. The van der Waals surface area contributed by atoms with Crippen molar-refractivity contribution >= 4 is 35.2 Å². The van der Waals surface area contributed by atoms with Crippen molar-refractivity contribution in [1.29, 1.82) is 0 Å². The van der Waals surface area contributed by atoms with Gasteiger partial charge in [-0.25, -0.2) is 0 Å². The molecule has 1 aromatic rings. The Hall–Kier alpha value is -1.24. The summed E-state index contributed by atoms with van der Waals surface area (Å²) in [6.45, 7) is 2.69. The third-order valence-electron chi connectivity index (χ3n) is 4.13. The molecule has 1 saturated carbocycles. The second-order valence-electron chi connectivity index (χ2n) is 5.60. The van der Waals surface area contributed by atoms with E-state index >= 15 is 0 Å². The van der Waals surface area contributed by atoms with Crippen molar-refractivity contribution in [2.45, 2.75) is 36.7 Å². The van der Waals surface area contributed by atoms with Crippen LogP contribution in [0.25, 0.3) is 0 Å². The molecular formula is C16H21ClN2O3S. The molecule has 0 aliphatic heterocycles. The molecule has 1 aliphatic rings. The van der Waals surface area contributed by atoms with E-state index in [1.54, 1.807) is 23.9 Å². The summed E-state index contributed by atoms with van der Waals surface area (Å²) in [4.78, 5) is 26.1. The second-order valence-corrected chi connectivity index (χ2v) is 6.89. The number of carbonyl (C=O) groups excluding carboxylic acids is 1. The van der Waals surface area contributed by atoms with E-state index in [0.717, 1.165) is 17.7 Å². The highest BCUT2D eigenvalue weighted by Crippen LogP contribution is 2.27. The lowest BCUT2D eigenvalue weighted by Crippen LogP contribution is -2.54. The van der Waals surface area contributed by atoms with Gasteiger partial charge >= 0.3 is 5.97 Å². The summed E-state index contributed by atoms with van der Waals surface area (Å²) >= 11 is 7.67. The van der Waals surface area contributed by atoms with Gasteiger partial charge in [0.25, 0.3) is 5.91 Å². The van der Waals surface area contributed by atoms with E-state index in [9.17, 15) is 9.59 Å². The molecule has 0 bridgehead atoms. The largest absolute Gasteiger partial charge is 0.480 e. The maximum Gasteiger partial charge on any atom is 0.317 e. The summed E-state index contributed by atoms with van der Waals surface area (Å²) < 4.78 is 0. The Labute approximate surface area is 145 Å². The molecule has 0 spiro atoms. The van der Waals surface area contributed by atoms with Crippen molar-refractivity contribution in [3.8, 4) is 0 Å². The molecule has 1 aromatic carbocycles. The quantitative estimate of drug-likeness (QED) is 0.735. The number of benzene rings is 1. The molecule has 5 nitrogen and oxygen atoms in total. The Morgan fingerprint density at radius 3 is 2.70 bits per heavy atom. The van der Waals surface area contributed by atoms with Crippen LogP contribution in [0.5, 0.6) is 0 Å². The van der Waals surface area contributed by atoms with Crippen molar-refractivity contribution in [1.82, 2.24) is 10.2 Å². The highest BCUT2D eigenvalue weighted by molar-refractivity contribution is 7.98. The van der Waals surface area contributed by atoms with E-state index < -0.39 is 5.97 Å². The Kier molecular flexibility index (Phi) is 6.33. The van der Waals surface area contributed by atoms with Crippen molar-refractivity contribution in [2.75, 3.05) is 19.3 Å². The Balaban J connectivity index is 1.90. The number of nitrogens with one attached hydrogen (secondary N) is 1. The maximum absolute atomic E-state index is 12.3. The molecular weight excluding hydrogens is 336 g/mol. The van der Waals surface area contributed by atoms with Gasteiger partial charge in [-0.2, -0.15) is 0 Å². The number of carboxylic acid groups (broad SMARTS) is 1. The summed E-state index contributed by atoms with van der Waals surface area (Å²) in [6, 6.07) is 5.70. The van der Waals surface area contributed by atoms with E-state index in [1.165, 1.54) is 0 Å². The van der Waals surface area contributed by atoms with E-state index in [1.807, 2.05) is 24.1 Å². The summed E-state index contributed by atoms with van der Waals surface area (Å²) in [7, 11) is 0. The predicted molar refractivity (Wildman–Crippen MR) is 92.4 cm³/mol. The third-order valence-corrected chi connectivity index (χ3v) is 5.18. The first-order chi connectivity index (χ1) is 10.9. The molecule has 1 aliphatic carbocycles. The van der Waals surface area contributed by atoms with E-state index in [2.05, 4.69) is 5.32 Å². The molecule has 1 fully saturated rings. The van der Waals surface area contributed by atoms with Gasteiger partial charge in [0, 0.05) is 17.0 Å². The van der Waals surface area contributed by atoms with Crippen LogP contribution in [0.3, 0.4) is 0 Å². The minimum Gasteiger partial charge on any atom is -0.480 e. The zero-order valence-corrected chi connectivity index (χ0v) is 14.8. The number of carbonyl (C=O) groups is 2. The third kappa shape index (κ3) is 4.62. The molecule has 7 heteroatoms. The van der Waals surface area contributed by atoms with E-state index in [4.69, 9.17) is 16.7 Å². The topological polar surface area (TPSA) is 69.6 Å². The fraction of sp³-hybridized carbons (Fsp3) is 0.500. The molecule has 0 unspecified atom stereocenters. The lowest BCUT2D eigenvalue weighted by molar-refractivity contribution is -0.139. The normalized spacial score (nSPS) is 20.2. The van der Waals surface area contributed by atoms with E-state index in [0.29, 0.717) is 17.1 Å². The molecule has 0 heterocycles. The Morgan fingerprint density at radius 2 is 2.13 bits per heavy atom. The number of halogens is 1. The van der Waals surface area contributed by atoms with Gasteiger partial charge in [-0.3, -0.25) is 14.5 Å². The van der Waals surface area contributed by atoms with Gasteiger partial charge in [0.1, 0.15) is 0 Å². The van der Waals surface area contributed by atoms with Gasteiger partial charge in [-0.05, 0) is 43.8 Å². The molecule has 0 aromatic heterocycles. The number of nitrogens with zero attached hydrogens (tertiary/aromatic N) is 1. The van der Waals surface area contributed by atoms with E-state index in [-0.39, 0.29) is 24.5 Å². The minimum absolute atomic E-state index is 0.0451. The standard InChI is InChI=1S/C16H21ClN2O3S/c1-3-19(9-15(20)21)11-6-10(7-11)18-16(22)13-8-12(23-2)4-5-14(13)17/h4-5,8,10-11H,3,6-7,9H2,1-2H3,(H,18,22)(H,20,21). The molecule has 0 atom stereocenters. The highest BCUT2D eigenvalue weighted by Gasteiger charge is 2.34. The number of rotatable bonds is 7. The Morgan fingerprint density at radius 1 is 1.43 bits per heavy atom. The summed E-state index contributed by atoms with van der Waals surface area (Å²) in [5, 5.41) is 12.3. The fourth-order valence-electron chi connectivity index (χ4n) is 2.75. The molecule has 1 amide bonds. The fourth-order valence-corrected chi connectivity index (χ4v) is 3.39. The minimum atomic E-state index is -0.819. The highest BCUT2D eigenvalue weighted by atomic mass is 35.5. The molecule has 0 radical (unpaired) electrons. The van der Waals surface area contributed by atoms with Gasteiger partial charge in [0.2, 0.25) is 0 Å². The second kappa shape index (κ2) is 8.04. The van der Waals surface area contributed by atoms with Crippen LogP contribution in [0.15, 0.2) is 23.1 Å². The number of hydrogen-bond acceptors (Lipinski definition) is 4. The first-order valence-electron chi connectivity index (χ1n) is 7.54. The van der Waals surface area contributed by atoms with Gasteiger partial charge in [0.05, 0.1) is 17.1 Å². The van der Waals surface area contributed by atoms with Crippen LogP contribution < -0.4 is 5.32 Å². The monoisotopic (exact) mass is 356 g/mol. The number of hydrogen-bond donors (Lipinski definition) is 2. The SMILES string of the molecule is CCN(CC(=O)O)C1CC(NC(=O)c2cc(SC)ccc2Cl)C1. The molecule has 0 saturated heterocycles. The average Bonchev–Trinajstić information content (AvgIpc) is 2.48. The van der Waals surface area contributed by atoms with Gasteiger partial charge in [-0.15, -0.1) is 11.8 Å².